The van der Waals surface area contributed by atoms with E-state index in [4.69, 9.17) is 4.52 Å². The van der Waals surface area contributed by atoms with Gasteiger partial charge in [-0.3, -0.25) is 4.79 Å². The highest BCUT2D eigenvalue weighted by Crippen LogP contribution is 2.20. The van der Waals surface area contributed by atoms with Crippen LogP contribution in [0.4, 0.5) is 0 Å². The Kier molecular flexibility index (Phi) is 3.63. The van der Waals surface area contributed by atoms with Crippen LogP contribution in [0.2, 0.25) is 0 Å². The van der Waals surface area contributed by atoms with Crippen LogP contribution in [0.3, 0.4) is 0 Å². The molecule has 0 spiro atoms. The summed E-state index contributed by atoms with van der Waals surface area (Å²) < 4.78 is 4.92. The average molecular weight is 287 g/mol. The summed E-state index contributed by atoms with van der Waals surface area (Å²) >= 11 is 3.48. The largest absolute Gasteiger partial charge is 0.361 e. The topological polar surface area (TPSA) is 46.3 Å². The highest BCUT2D eigenvalue weighted by atomic mass is 79.9. The number of alkyl halides is 1. The highest BCUT2D eigenvalue weighted by Gasteiger charge is 2.25. The number of aromatic nitrogens is 1. The van der Waals surface area contributed by atoms with Crippen molar-refractivity contribution in [2.45, 2.75) is 19.8 Å². The van der Waals surface area contributed by atoms with Gasteiger partial charge in [0.25, 0.3) is 5.91 Å². The number of aryl methyl sites for hydroxylation is 1. The Morgan fingerprint density at radius 2 is 2.56 bits per heavy atom. The molecule has 1 aromatic heterocycles. The molecule has 1 atom stereocenters. The monoisotopic (exact) mass is 286 g/mol. The smallest absolute Gasteiger partial charge is 0.276 e. The number of carbonyl (C=O) groups is 1. The minimum atomic E-state index is -0.0116. The number of amides is 1. The fourth-order valence-corrected chi connectivity index (χ4v) is 2.53. The first-order valence-corrected chi connectivity index (χ1v) is 6.61. The molecule has 0 saturated carbocycles. The summed E-state index contributed by atoms with van der Waals surface area (Å²) in [6.45, 7) is 3.44. The van der Waals surface area contributed by atoms with Crippen molar-refractivity contribution in [3.63, 3.8) is 0 Å². The summed E-state index contributed by atoms with van der Waals surface area (Å²) in [5.41, 5.74) is 0.424. The van der Waals surface area contributed by atoms with Gasteiger partial charge in [-0.15, -0.1) is 0 Å². The third-order valence-corrected chi connectivity index (χ3v) is 3.79. The zero-order chi connectivity index (χ0) is 11.5. The van der Waals surface area contributed by atoms with Crippen LogP contribution in [-0.4, -0.2) is 34.4 Å². The maximum absolute atomic E-state index is 12.1. The van der Waals surface area contributed by atoms with Crippen LogP contribution in [0, 0.1) is 12.8 Å². The lowest BCUT2D eigenvalue weighted by Crippen LogP contribution is -2.40. The Bertz CT molecular complexity index is 378. The molecule has 1 aliphatic rings. The van der Waals surface area contributed by atoms with E-state index in [-0.39, 0.29) is 5.91 Å². The molecule has 2 heterocycles. The summed E-state index contributed by atoms with van der Waals surface area (Å²) in [5, 5.41) is 4.72. The zero-order valence-electron chi connectivity index (χ0n) is 9.28. The fourth-order valence-electron chi connectivity index (χ4n) is 2.00. The van der Waals surface area contributed by atoms with Gasteiger partial charge in [0, 0.05) is 24.5 Å². The molecule has 0 aromatic carbocycles. The minimum absolute atomic E-state index is 0.0116. The van der Waals surface area contributed by atoms with Gasteiger partial charge in [0.05, 0.1) is 0 Å². The zero-order valence-corrected chi connectivity index (χ0v) is 10.9. The number of rotatable bonds is 2. The Morgan fingerprint density at radius 3 is 3.19 bits per heavy atom. The molecule has 16 heavy (non-hydrogen) atoms. The Morgan fingerprint density at radius 1 is 1.75 bits per heavy atom. The van der Waals surface area contributed by atoms with Crippen LogP contribution in [0.25, 0.3) is 0 Å². The van der Waals surface area contributed by atoms with Crippen molar-refractivity contribution in [2.24, 2.45) is 5.92 Å². The first-order valence-electron chi connectivity index (χ1n) is 5.49. The van der Waals surface area contributed by atoms with Crippen molar-refractivity contribution >= 4 is 21.8 Å². The van der Waals surface area contributed by atoms with Gasteiger partial charge in [-0.2, -0.15) is 0 Å². The molecule has 4 nitrogen and oxygen atoms in total. The van der Waals surface area contributed by atoms with E-state index in [9.17, 15) is 4.79 Å². The van der Waals surface area contributed by atoms with Crippen molar-refractivity contribution in [1.82, 2.24) is 10.1 Å². The summed E-state index contributed by atoms with van der Waals surface area (Å²) in [6.07, 6.45) is 2.26. The maximum Gasteiger partial charge on any atom is 0.276 e. The molecule has 0 radical (unpaired) electrons. The number of likely N-dealkylation sites (tertiary alicyclic amines) is 1. The molecular formula is C11H15BrN2O2. The van der Waals surface area contributed by atoms with Crippen molar-refractivity contribution < 1.29 is 9.32 Å². The van der Waals surface area contributed by atoms with Gasteiger partial charge in [0.1, 0.15) is 5.76 Å². The van der Waals surface area contributed by atoms with E-state index in [1.807, 2.05) is 4.90 Å². The van der Waals surface area contributed by atoms with Crippen molar-refractivity contribution in [2.75, 3.05) is 18.4 Å². The molecule has 1 unspecified atom stereocenters. The Labute approximate surface area is 103 Å². The van der Waals surface area contributed by atoms with E-state index in [0.717, 1.165) is 24.8 Å². The first-order chi connectivity index (χ1) is 7.70. The number of carbonyl (C=O) groups excluding carboxylic acids is 1. The summed E-state index contributed by atoms with van der Waals surface area (Å²) in [7, 11) is 0. The van der Waals surface area contributed by atoms with Gasteiger partial charge in [-0.05, 0) is 25.7 Å². The van der Waals surface area contributed by atoms with Gasteiger partial charge in [-0.25, -0.2) is 0 Å². The van der Waals surface area contributed by atoms with E-state index in [2.05, 4.69) is 21.1 Å². The average Bonchev–Trinajstić information content (AvgIpc) is 2.75. The maximum atomic E-state index is 12.1. The lowest BCUT2D eigenvalue weighted by molar-refractivity contribution is 0.0675. The number of hydrogen-bond acceptors (Lipinski definition) is 3. The van der Waals surface area contributed by atoms with Crippen LogP contribution in [0.5, 0.6) is 0 Å². The highest BCUT2D eigenvalue weighted by molar-refractivity contribution is 9.09. The van der Waals surface area contributed by atoms with Crippen molar-refractivity contribution in [3.05, 3.63) is 17.5 Å². The molecule has 0 aliphatic carbocycles. The van der Waals surface area contributed by atoms with E-state index in [1.54, 1.807) is 13.0 Å². The van der Waals surface area contributed by atoms with E-state index < -0.39 is 0 Å². The molecule has 2 rings (SSSR count). The van der Waals surface area contributed by atoms with Crippen LogP contribution in [-0.2, 0) is 0 Å². The molecular weight excluding hydrogens is 272 g/mol. The lowest BCUT2D eigenvalue weighted by atomic mass is 10.00. The summed E-state index contributed by atoms with van der Waals surface area (Å²) in [6, 6.07) is 1.69. The second-order valence-corrected chi connectivity index (χ2v) is 4.88. The van der Waals surface area contributed by atoms with Gasteiger partial charge in [0.15, 0.2) is 5.69 Å². The first kappa shape index (κ1) is 11.6. The lowest BCUT2D eigenvalue weighted by Gasteiger charge is -2.31. The molecule has 1 amide bonds. The molecule has 1 saturated heterocycles. The van der Waals surface area contributed by atoms with Gasteiger partial charge >= 0.3 is 0 Å². The SMILES string of the molecule is Cc1cc(C(=O)N2CCCC(CBr)C2)no1. The van der Waals surface area contributed by atoms with E-state index in [1.165, 1.54) is 6.42 Å². The molecule has 88 valence electrons. The third-order valence-electron chi connectivity index (χ3n) is 2.87. The number of nitrogens with zero attached hydrogens (tertiary/aromatic N) is 2. The quantitative estimate of drug-likeness (QED) is 0.784. The fraction of sp³-hybridized carbons (Fsp3) is 0.636. The molecule has 1 aliphatic heterocycles. The molecule has 1 fully saturated rings. The van der Waals surface area contributed by atoms with Gasteiger partial charge in [-0.1, -0.05) is 21.1 Å². The van der Waals surface area contributed by atoms with E-state index in [0.29, 0.717) is 17.4 Å². The minimum Gasteiger partial charge on any atom is -0.361 e. The molecule has 0 N–H and O–H groups in total. The standard InChI is InChI=1S/C11H15BrN2O2/c1-8-5-10(13-16-8)11(15)14-4-2-3-9(6-12)7-14/h5,9H,2-4,6-7H2,1H3. The van der Waals surface area contributed by atoms with Crippen LogP contribution < -0.4 is 0 Å². The predicted octanol–water partition coefficient (Wildman–Crippen LogP) is 2.23. The van der Waals surface area contributed by atoms with Crippen molar-refractivity contribution in [1.29, 1.82) is 0 Å². The van der Waals surface area contributed by atoms with Gasteiger partial charge < -0.3 is 9.42 Å². The molecule has 1 aromatic rings. The molecule has 0 bridgehead atoms. The van der Waals surface area contributed by atoms with E-state index >= 15 is 0 Å². The second-order valence-electron chi connectivity index (χ2n) is 4.24. The van der Waals surface area contributed by atoms with Crippen LogP contribution in [0.1, 0.15) is 29.1 Å². The van der Waals surface area contributed by atoms with Crippen molar-refractivity contribution in [3.8, 4) is 0 Å². The number of halogens is 1. The second kappa shape index (κ2) is 4.99. The predicted molar refractivity (Wildman–Crippen MR) is 63.7 cm³/mol. The normalized spacial score (nSPS) is 21.1. The Balaban J connectivity index is 2.04. The number of hydrogen-bond donors (Lipinski definition) is 0. The van der Waals surface area contributed by atoms with Gasteiger partial charge in [0.2, 0.25) is 0 Å². The molecule has 5 heteroatoms. The Hall–Kier alpha value is -0.840. The van der Waals surface area contributed by atoms with Crippen LogP contribution >= 0.6 is 15.9 Å². The summed E-state index contributed by atoms with van der Waals surface area (Å²) in [4.78, 5) is 13.9. The number of piperidine rings is 1. The summed E-state index contributed by atoms with van der Waals surface area (Å²) in [5.74, 6) is 1.23. The third kappa shape index (κ3) is 2.45. The van der Waals surface area contributed by atoms with Crippen LogP contribution in [0.15, 0.2) is 10.6 Å².